The molecule has 1 aromatic carbocycles. The van der Waals surface area contributed by atoms with Crippen molar-refractivity contribution >= 4 is 33.3 Å². The number of nitrogens with zero attached hydrogens (tertiary/aromatic N) is 1. The van der Waals surface area contributed by atoms with Crippen LogP contribution in [0.3, 0.4) is 0 Å². The summed E-state index contributed by atoms with van der Waals surface area (Å²) in [7, 11) is 0.476. The quantitative estimate of drug-likeness (QED) is 0.545. The van der Waals surface area contributed by atoms with Crippen molar-refractivity contribution in [1.82, 2.24) is 14.6 Å². The van der Waals surface area contributed by atoms with E-state index in [1.807, 2.05) is 13.0 Å². The van der Waals surface area contributed by atoms with Crippen molar-refractivity contribution in [3.05, 3.63) is 46.3 Å². The Balaban J connectivity index is 1.97. The van der Waals surface area contributed by atoms with Crippen LogP contribution in [0.1, 0.15) is 48.3 Å². The number of aromatic amines is 1. The van der Waals surface area contributed by atoms with Gasteiger partial charge in [0.2, 0.25) is 10.0 Å². The SMILES string of the molecule is Cc1[nH]c(C=C2C(=O)Nc3ccc(S(=O)(=O)NC(C)C)cc32)c(C)c1CCCN(C)C. The molecule has 0 saturated heterocycles. The molecule has 2 heterocycles. The van der Waals surface area contributed by atoms with Crippen molar-refractivity contribution in [3.8, 4) is 0 Å². The predicted molar refractivity (Wildman–Crippen MR) is 126 cm³/mol. The van der Waals surface area contributed by atoms with Crippen LogP contribution in [0.5, 0.6) is 0 Å². The van der Waals surface area contributed by atoms with Gasteiger partial charge in [-0.3, -0.25) is 4.79 Å². The first kappa shape index (κ1) is 23.2. The fourth-order valence-electron chi connectivity index (χ4n) is 3.91. The topological polar surface area (TPSA) is 94.3 Å². The van der Waals surface area contributed by atoms with E-state index in [0.29, 0.717) is 16.8 Å². The van der Waals surface area contributed by atoms with Gasteiger partial charge in [0.25, 0.3) is 5.91 Å². The van der Waals surface area contributed by atoms with Crippen LogP contribution in [0.15, 0.2) is 23.1 Å². The summed E-state index contributed by atoms with van der Waals surface area (Å²) in [6.45, 7) is 8.66. The third kappa shape index (κ3) is 5.08. The Bertz CT molecular complexity index is 1130. The molecule has 3 N–H and O–H groups in total. The summed E-state index contributed by atoms with van der Waals surface area (Å²) >= 11 is 0. The average molecular weight is 445 g/mol. The Labute approximate surface area is 185 Å². The summed E-state index contributed by atoms with van der Waals surface area (Å²) in [5.74, 6) is -0.234. The van der Waals surface area contributed by atoms with Crippen LogP contribution in [0.25, 0.3) is 11.6 Å². The molecule has 3 rings (SSSR count). The zero-order chi connectivity index (χ0) is 22.9. The molecule has 0 saturated carbocycles. The summed E-state index contributed by atoms with van der Waals surface area (Å²) in [5, 5.41) is 2.83. The van der Waals surface area contributed by atoms with Crippen molar-refractivity contribution in [1.29, 1.82) is 0 Å². The first-order chi connectivity index (χ1) is 14.5. The second kappa shape index (κ2) is 8.98. The minimum absolute atomic E-state index is 0.145. The molecule has 1 aliphatic rings. The molecule has 7 nitrogen and oxygen atoms in total. The molecule has 0 unspecified atom stereocenters. The van der Waals surface area contributed by atoms with Crippen LogP contribution in [0.2, 0.25) is 0 Å². The Morgan fingerprint density at radius 3 is 2.55 bits per heavy atom. The number of carbonyl (C=O) groups is 1. The minimum Gasteiger partial charge on any atom is -0.359 e. The van der Waals surface area contributed by atoms with Crippen molar-refractivity contribution in [2.45, 2.75) is 51.5 Å². The molecule has 0 bridgehead atoms. The van der Waals surface area contributed by atoms with Gasteiger partial charge in [0, 0.05) is 28.7 Å². The Kier molecular flexibility index (Phi) is 6.73. The van der Waals surface area contributed by atoms with E-state index >= 15 is 0 Å². The zero-order valence-corrected chi connectivity index (χ0v) is 19.9. The van der Waals surface area contributed by atoms with Gasteiger partial charge in [-0.1, -0.05) is 0 Å². The van der Waals surface area contributed by atoms with Crippen molar-refractivity contribution in [2.75, 3.05) is 26.0 Å². The summed E-state index contributed by atoms with van der Waals surface area (Å²) in [5.41, 5.74) is 6.04. The van der Waals surface area contributed by atoms with Crippen molar-refractivity contribution in [3.63, 3.8) is 0 Å². The lowest BCUT2D eigenvalue weighted by Crippen LogP contribution is -2.30. The molecular formula is C23H32N4O3S. The van der Waals surface area contributed by atoms with E-state index in [9.17, 15) is 13.2 Å². The number of anilines is 1. The highest BCUT2D eigenvalue weighted by Crippen LogP contribution is 2.35. The van der Waals surface area contributed by atoms with Crippen LogP contribution in [-0.2, 0) is 21.2 Å². The number of benzene rings is 1. The van der Waals surface area contributed by atoms with E-state index in [2.05, 4.69) is 40.9 Å². The lowest BCUT2D eigenvalue weighted by Gasteiger charge is -2.10. The van der Waals surface area contributed by atoms with Gasteiger partial charge in [0.1, 0.15) is 0 Å². The predicted octanol–water partition coefficient (Wildman–Crippen LogP) is 3.31. The maximum Gasteiger partial charge on any atom is 0.256 e. The zero-order valence-electron chi connectivity index (χ0n) is 19.1. The Hall–Kier alpha value is -2.42. The minimum atomic E-state index is -3.65. The van der Waals surface area contributed by atoms with Crippen LogP contribution in [0, 0.1) is 13.8 Å². The normalized spacial score (nSPS) is 15.2. The number of carbonyl (C=O) groups excluding carboxylic acids is 1. The van der Waals surface area contributed by atoms with E-state index in [-0.39, 0.29) is 16.8 Å². The number of aromatic nitrogens is 1. The van der Waals surface area contributed by atoms with Crippen molar-refractivity contribution in [2.24, 2.45) is 0 Å². The second-order valence-corrected chi connectivity index (χ2v) is 10.4. The highest BCUT2D eigenvalue weighted by Gasteiger charge is 2.27. The number of H-pyrrole nitrogens is 1. The number of sulfonamides is 1. The van der Waals surface area contributed by atoms with Crippen LogP contribution in [-0.4, -0.2) is 50.9 Å². The van der Waals surface area contributed by atoms with Gasteiger partial charge in [-0.2, -0.15) is 0 Å². The lowest BCUT2D eigenvalue weighted by atomic mass is 10.0. The molecule has 31 heavy (non-hydrogen) atoms. The number of amides is 1. The molecule has 1 aromatic heterocycles. The Morgan fingerprint density at radius 2 is 1.90 bits per heavy atom. The number of aryl methyl sites for hydroxylation is 1. The van der Waals surface area contributed by atoms with Gasteiger partial charge in [0.15, 0.2) is 0 Å². The summed E-state index contributed by atoms with van der Waals surface area (Å²) in [6.07, 6.45) is 3.84. The standard InChI is InChI=1S/C23H32N4O3S/c1-14(2)26-31(29,30)17-9-10-21-19(12-17)20(23(28)25-21)13-22-15(3)18(16(4)24-22)8-7-11-27(5)6/h9-10,12-14,24,26H,7-8,11H2,1-6H3,(H,25,28). The molecule has 0 atom stereocenters. The molecule has 8 heteroatoms. The summed E-state index contributed by atoms with van der Waals surface area (Å²) in [6, 6.07) is 4.50. The number of nitrogens with one attached hydrogen (secondary N) is 3. The van der Waals surface area contributed by atoms with E-state index < -0.39 is 10.0 Å². The average Bonchev–Trinajstić information content (AvgIpc) is 3.10. The van der Waals surface area contributed by atoms with Gasteiger partial charge in [0.05, 0.1) is 10.5 Å². The maximum atomic E-state index is 12.7. The highest BCUT2D eigenvalue weighted by atomic mass is 32.2. The third-order valence-corrected chi connectivity index (χ3v) is 7.08. The molecule has 1 amide bonds. The molecule has 1 aliphatic heterocycles. The van der Waals surface area contributed by atoms with E-state index in [4.69, 9.17) is 0 Å². The van der Waals surface area contributed by atoms with Gasteiger partial charge >= 0.3 is 0 Å². The van der Waals surface area contributed by atoms with E-state index in [0.717, 1.165) is 36.3 Å². The largest absolute Gasteiger partial charge is 0.359 e. The van der Waals surface area contributed by atoms with E-state index in [1.54, 1.807) is 26.0 Å². The fraction of sp³-hybridized carbons (Fsp3) is 0.435. The van der Waals surface area contributed by atoms with Gasteiger partial charge in [-0.15, -0.1) is 0 Å². The maximum absolute atomic E-state index is 12.7. The fourth-order valence-corrected chi connectivity index (χ4v) is 5.18. The number of hydrogen-bond acceptors (Lipinski definition) is 4. The second-order valence-electron chi connectivity index (χ2n) is 8.67. The number of rotatable bonds is 8. The summed E-state index contributed by atoms with van der Waals surface area (Å²) < 4.78 is 27.8. The monoisotopic (exact) mass is 444 g/mol. The van der Waals surface area contributed by atoms with Gasteiger partial charge in [-0.05, 0) is 96.6 Å². The first-order valence-corrected chi connectivity index (χ1v) is 12.0. The molecule has 2 aromatic rings. The van der Waals surface area contributed by atoms with Gasteiger partial charge in [-0.25, -0.2) is 13.1 Å². The van der Waals surface area contributed by atoms with Crippen LogP contribution in [0.4, 0.5) is 5.69 Å². The molecule has 0 spiro atoms. The first-order valence-electron chi connectivity index (χ1n) is 10.5. The highest BCUT2D eigenvalue weighted by molar-refractivity contribution is 7.89. The van der Waals surface area contributed by atoms with E-state index in [1.165, 1.54) is 11.6 Å². The molecule has 0 fully saturated rings. The summed E-state index contributed by atoms with van der Waals surface area (Å²) in [4.78, 5) is 18.4. The molecular weight excluding hydrogens is 412 g/mol. The van der Waals surface area contributed by atoms with Crippen LogP contribution >= 0.6 is 0 Å². The Morgan fingerprint density at radius 1 is 1.19 bits per heavy atom. The number of hydrogen-bond donors (Lipinski definition) is 3. The molecule has 168 valence electrons. The molecule has 0 radical (unpaired) electrons. The molecule has 0 aliphatic carbocycles. The third-order valence-electron chi connectivity index (χ3n) is 5.43. The lowest BCUT2D eigenvalue weighted by molar-refractivity contribution is -0.110. The van der Waals surface area contributed by atoms with Gasteiger partial charge < -0.3 is 15.2 Å². The van der Waals surface area contributed by atoms with Crippen LogP contribution < -0.4 is 10.0 Å². The smallest absolute Gasteiger partial charge is 0.256 e. The van der Waals surface area contributed by atoms with Crippen molar-refractivity contribution < 1.29 is 13.2 Å². The number of fused-ring (bicyclic) bond motifs is 1.